The number of rotatable bonds is 3. The van der Waals surface area contributed by atoms with Crippen LogP contribution in [0.4, 0.5) is 14.6 Å². The number of halogens is 2. The lowest BCUT2D eigenvalue weighted by molar-refractivity contribution is 0.0349. The molecule has 5 heterocycles. The highest BCUT2D eigenvalue weighted by Crippen LogP contribution is 2.48. The number of carbonyl (C=O) groups is 1. The van der Waals surface area contributed by atoms with Crippen LogP contribution >= 0.6 is 0 Å². The summed E-state index contributed by atoms with van der Waals surface area (Å²) in [6, 6.07) is 7.96. The molecule has 0 radical (unpaired) electrons. The Kier molecular flexibility index (Phi) is 4.08. The summed E-state index contributed by atoms with van der Waals surface area (Å²) in [5.74, 6) is -1.31. The lowest BCUT2D eigenvalue weighted by atomic mass is 9.75. The minimum atomic E-state index is -0.820. The van der Waals surface area contributed by atoms with E-state index in [-0.39, 0.29) is 18.0 Å². The second kappa shape index (κ2) is 6.51. The molecule has 1 amide bonds. The van der Waals surface area contributed by atoms with E-state index in [4.69, 9.17) is 5.73 Å². The number of nitrogens with zero attached hydrogens (tertiary/aromatic N) is 3. The first-order valence-corrected chi connectivity index (χ1v) is 9.75. The number of pyridine rings is 1. The van der Waals surface area contributed by atoms with Gasteiger partial charge in [0.1, 0.15) is 5.82 Å². The molecule has 7 heteroatoms. The van der Waals surface area contributed by atoms with E-state index in [1.165, 1.54) is 0 Å². The predicted octanol–water partition coefficient (Wildman–Crippen LogP) is 2.53. The number of nitrogens with two attached hydrogens (primary N) is 1. The zero-order chi connectivity index (χ0) is 19.4. The van der Waals surface area contributed by atoms with Gasteiger partial charge in [-0.1, -0.05) is 12.1 Å². The molecule has 2 bridgehead atoms. The standard InChI is InChI=1S/C21H22F2N4O/c22-16-5-1-3-13(17(16)23)15-11-27(21-14(20(24)28)4-2-8-25-21)18-12-6-9-26(10-7-12)19(15)18/h1-5,8,12,15,18-19H,6-7,9-11H2,(H2,24,28). The monoisotopic (exact) mass is 384 g/mol. The molecule has 2 aromatic rings. The Morgan fingerprint density at radius 1 is 1.11 bits per heavy atom. The number of primary amides is 1. The summed E-state index contributed by atoms with van der Waals surface area (Å²) in [6.45, 7) is 2.43. The fourth-order valence-electron chi connectivity index (χ4n) is 5.56. The van der Waals surface area contributed by atoms with Gasteiger partial charge in [-0.15, -0.1) is 0 Å². The fraction of sp³-hybridized carbons (Fsp3) is 0.429. The van der Waals surface area contributed by atoms with E-state index in [2.05, 4.69) is 14.8 Å². The summed E-state index contributed by atoms with van der Waals surface area (Å²) < 4.78 is 28.6. The molecule has 4 fully saturated rings. The fourth-order valence-corrected chi connectivity index (χ4v) is 5.56. The third kappa shape index (κ3) is 2.53. The van der Waals surface area contributed by atoms with Gasteiger partial charge < -0.3 is 10.6 Å². The van der Waals surface area contributed by atoms with E-state index in [9.17, 15) is 13.6 Å². The van der Waals surface area contributed by atoms with E-state index in [1.54, 1.807) is 30.5 Å². The normalized spacial score (nSPS) is 31.1. The van der Waals surface area contributed by atoms with Gasteiger partial charge in [0.2, 0.25) is 0 Å². The average Bonchev–Trinajstić information content (AvgIpc) is 3.13. The van der Waals surface area contributed by atoms with Crippen LogP contribution < -0.4 is 10.6 Å². The van der Waals surface area contributed by atoms with Crippen LogP contribution in [0.3, 0.4) is 0 Å². The molecule has 3 unspecified atom stereocenters. The second-order valence-corrected chi connectivity index (χ2v) is 8.00. The Hall–Kier alpha value is -2.54. The van der Waals surface area contributed by atoms with Crippen LogP contribution in [0, 0.1) is 17.6 Å². The maximum Gasteiger partial charge on any atom is 0.252 e. The van der Waals surface area contributed by atoms with Crippen molar-refractivity contribution in [2.24, 2.45) is 11.7 Å². The van der Waals surface area contributed by atoms with Crippen molar-refractivity contribution in [3.63, 3.8) is 0 Å². The molecule has 1 aromatic carbocycles. The SMILES string of the molecule is NC(=O)c1cccnc1N1CC(c2cccc(F)c2F)C2C1C1CCN2CC1. The van der Waals surface area contributed by atoms with Crippen molar-refractivity contribution < 1.29 is 13.6 Å². The first kappa shape index (κ1) is 17.6. The Morgan fingerprint density at radius 2 is 1.89 bits per heavy atom. The summed E-state index contributed by atoms with van der Waals surface area (Å²) in [4.78, 5) is 21.0. The number of anilines is 1. The molecule has 28 heavy (non-hydrogen) atoms. The Balaban J connectivity index is 1.62. The number of hydrogen-bond donors (Lipinski definition) is 1. The number of amides is 1. The number of aromatic nitrogens is 1. The van der Waals surface area contributed by atoms with Crippen molar-refractivity contribution in [2.45, 2.75) is 30.8 Å². The second-order valence-electron chi connectivity index (χ2n) is 8.00. The molecule has 0 spiro atoms. The van der Waals surface area contributed by atoms with Crippen LogP contribution in [0.1, 0.15) is 34.7 Å². The summed E-state index contributed by atoms with van der Waals surface area (Å²) in [7, 11) is 0. The zero-order valence-electron chi connectivity index (χ0n) is 15.4. The van der Waals surface area contributed by atoms with Crippen molar-refractivity contribution in [1.29, 1.82) is 0 Å². The molecule has 5 nitrogen and oxygen atoms in total. The lowest BCUT2D eigenvalue weighted by Gasteiger charge is -2.51. The molecule has 4 aliphatic heterocycles. The van der Waals surface area contributed by atoms with Crippen molar-refractivity contribution in [1.82, 2.24) is 9.88 Å². The predicted molar refractivity (Wildman–Crippen MR) is 101 cm³/mol. The van der Waals surface area contributed by atoms with Crippen LogP contribution in [0.15, 0.2) is 36.5 Å². The average molecular weight is 384 g/mol. The Bertz CT molecular complexity index is 928. The molecule has 1 aromatic heterocycles. The summed E-state index contributed by atoms with van der Waals surface area (Å²) in [5, 5.41) is 0. The van der Waals surface area contributed by atoms with Gasteiger partial charge in [0.05, 0.1) is 5.56 Å². The highest BCUT2D eigenvalue weighted by molar-refractivity contribution is 5.97. The van der Waals surface area contributed by atoms with Gasteiger partial charge in [-0.25, -0.2) is 13.8 Å². The largest absolute Gasteiger partial charge is 0.365 e. The number of hydrogen-bond acceptors (Lipinski definition) is 4. The van der Waals surface area contributed by atoms with E-state index in [0.29, 0.717) is 29.4 Å². The molecule has 146 valence electrons. The van der Waals surface area contributed by atoms with Crippen molar-refractivity contribution in [2.75, 3.05) is 24.5 Å². The number of carbonyl (C=O) groups excluding carboxylic acids is 1. The lowest BCUT2D eigenvalue weighted by Crippen LogP contribution is -2.60. The van der Waals surface area contributed by atoms with Gasteiger partial charge in [0, 0.05) is 30.7 Å². The minimum absolute atomic E-state index is 0.0755. The van der Waals surface area contributed by atoms with Gasteiger partial charge in [0.15, 0.2) is 11.6 Å². The van der Waals surface area contributed by atoms with E-state index >= 15 is 0 Å². The smallest absolute Gasteiger partial charge is 0.252 e. The topological polar surface area (TPSA) is 62.5 Å². The maximum absolute atomic E-state index is 14.7. The zero-order valence-corrected chi connectivity index (χ0v) is 15.4. The van der Waals surface area contributed by atoms with Gasteiger partial charge >= 0.3 is 0 Å². The summed E-state index contributed by atoms with van der Waals surface area (Å²) >= 11 is 0. The van der Waals surface area contributed by atoms with Gasteiger partial charge in [0.25, 0.3) is 5.91 Å². The quantitative estimate of drug-likeness (QED) is 0.883. The van der Waals surface area contributed by atoms with E-state index < -0.39 is 17.5 Å². The molecule has 4 saturated heterocycles. The van der Waals surface area contributed by atoms with Gasteiger partial charge in [-0.2, -0.15) is 0 Å². The highest BCUT2D eigenvalue weighted by Gasteiger charge is 2.54. The van der Waals surface area contributed by atoms with E-state index in [0.717, 1.165) is 32.0 Å². The summed E-state index contributed by atoms with van der Waals surface area (Å²) in [6.07, 6.45) is 3.78. The van der Waals surface area contributed by atoms with Crippen LogP contribution in [-0.2, 0) is 0 Å². The molecule has 3 atom stereocenters. The first-order chi connectivity index (χ1) is 13.6. The highest BCUT2D eigenvalue weighted by atomic mass is 19.2. The Morgan fingerprint density at radius 3 is 2.64 bits per heavy atom. The molecule has 0 saturated carbocycles. The minimum Gasteiger partial charge on any atom is -0.365 e. The number of fused-ring (bicyclic) bond motifs is 2. The summed E-state index contributed by atoms with van der Waals surface area (Å²) in [5.41, 5.74) is 6.37. The molecule has 0 aliphatic carbocycles. The maximum atomic E-state index is 14.7. The number of piperidine rings is 3. The third-order valence-electron chi connectivity index (χ3n) is 6.70. The van der Waals surface area contributed by atoms with Gasteiger partial charge in [-0.3, -0.25) is 9.69 Å². The van der Waals surface area contributed by atoms with Crippen LogP contribution in [-0.4, -0.2) is 47.5 Å². The van der Waals surface area contributed by atoms with Crippen LogP contribution in [0.25, 0.3) is 0 Å². The molecule has 2 N–H and O–H groups in total. The Labute approximate surface area is 162 Å². The van der Waals surface area contributed by atoms with E-state index in [1.807, 2.05) is 0 Å². The molecular formula is C21H22F2N4O. The molecule has 4 aliphatic rings. The number of benzene rings is 1. The van der Waals surface area contributed by atoms with Crippen LogP contribution in [0.2, 0.25) is 0 Å². The molecular weight excluding hydrogens is 362 g/mol. The molecule has 6 rings (SSSR count). The third-order valence-corrected chi connectivity index (χ3v) is 6.70. The van der Waals surface area contributed by atoms with Crippen molar-refractivity contribution in [3.8, 4) is 0 Å². The van der Waals surface area contributed by atoms with Gasteiger partial charge in [-0.05, 0) is 55.6 Å². The van der Waals surface area contributed by atoms with Crippen molar-refractivity contribution >= 4 is 11.7 Å². The van der Waals surface area contributed by atoms with Crippen molar-refractivity contribution in [3.05, 3.63) is 59.3 Å². The first-order valence-electron chi connectivity index (χ1n) is 9.75. The van der Waals surface area contributed by atoms with Crippen LogP contribution in [0.5, 0.6) is 0 Å².